The van der Waals surface area contributed by atoms with Crippen LogP contribution in [0, 0.1) is 18.2 Å². The van der Waals surface area contributed by atoms with Crippen LogP contribution in [0.4, 0.5) is 21.7 Å². The Balaban J connectivity index is 1.27. The number of benzene rings is 1. The standard InChI is InChI=1S/C26H34FN7/c1-5-32-16-26(17-32)8-10-33(11-9-26)23-7-6-21(12-22(23)27)30-25-28-13-19(4)24(31-25)20-14-29-34(15-20)18(2)3/h6-7,12-15,18H,5,8-11,16-17H2,1-4H3,(H,28,30,31). The van der Waals surface area contributed by atoms with Crippen LogP contribution in [0.2, 0.25) is 0 Å². The molecule has 1 N–H and O–H groups in total. The van der Waals surface area contributed by atoms with E-state index in [1.807, 2.05) is 36.1 Å². The van der Waals surface area contributed by atoms with Crippen molar-refractivity contribution in [2.45, 2.75) is 46.6 Å². The number of nitrogens with one attached hydrogen (secondary N) is 1. The predicted octanol–water partition coefficient (Wildman–Crippen LogP) is 5.03. The first-order valence-corrected chi connectivity index (χ1v) is 12.3. The van der Waals surface area contributed by atoms with E-state index in [-0.39, 0.29) is 11.9 Å². The third-order valence-corrected chi connectivity index (χ3v) is 7.31. The summed E-state index contributed by atoms with van der Waals surface area (Å²) in [7, 11) is 0. The Hall–Kier alpha value is -3.00. The summed E-state index contributed by atoms with van der Waals surface area (Å²) in [6, 6.07) is 5.60. The van der Waals surface area contributed by atoms with Crippen LogP contribution < -0.4 is 10.2 Å². The third-order valence-electron chi connectivity index (χ3n) is 7.31. The number of aryl methyl sites for hydroxylation is 1. The summed E-state index contributed by atoms with van der Waals surface area (Å²) in [5.41, 5.74) is 4.50. The maximum atomic E-state index is 15.1. The Kier molecular flexibility index (Phi) is 6.02. The minimum Gasteiger partial charge on any atom is -0.369 e. The first kappa shape index (κ1) is 22.8. The van der Waals surface area contributed by atoms with E-state index in [4.69, 9.17) is 0 Å². The van der Waals surface area contributed by atoms with Gasteiger partial charge >= 0.3 is 0 Å². The van der Waals surface area contributed by atoms with Crippen LogP contribution in [0.3, 0.4) is 0 Å². The minimum atomic E-state index is -0.213. The molecule has 2 aliphatic rings. The summed E-state index contributed by atoms with van der Waals surface area (Å²) < 4.78 is 17.0. The number of anilines is 3. The van der Waals surface area contributed by atoms with Crippen LogP contribution in [-0.2, 0) is 0 Å². The van der Waals surface area contributed by atoms with Crippen molar-refractivity contribution in [2.75, 3.05) is 42.9 Å². The number of hydrogen-bond donors (Lipinski definition) is 1. The highest BCUT2D eigenvalue weighted by molar-refractivity contribution is 5.65. The first-order chi connectivity index (χ1) is 16.4. The van der Waals surface area contributed by atoms with Crippen molar-refractivity contribution in [3.05, 3.63) is 48.2 Å². The second kappa shape index (κ2) is 8.98. The Morgan fingerprint density at radius 1 is 1.15 bits per heavy atom. The fraction of sp³-hybridized carbons (Fsp3) is 0.500. The number of rotatable bonds is 6. The molecule has 2 saturated heterocycles. The monoisotopic (exact) mass is 463 g/mol. The number of piperidine rings is 1. The smallest absolute Gasteiger partial charge is 0.227 e. The van der Waals surface area contributed by atoms with Gasteiger partial charge in [-0.15, -0.1) is 0 Å². The van der Waals surface area contributed by atoms with Gasteiger partial charge in [-0.3, -0.25) is 4.68 Å². The molecule has 2 aliphatic heterocycles. The quantitative estimate of drug-likeness (QED) is 0.553. The van der Waals surface area contributed by atoms with E-state index in [0.29, 0.717) is 22.7 Å². The number of halogens is 1. The van der Waals surface area contributed by atoms with Crippen molar-refractivity contribution < 1.29 is 4.39 Å². The molecule has 5 rings (SSSR count). The first-order valence-electron chi connectivity index (χ1n) is 12.3. The highest BCUT2D eigenvalue weighted by atomic mass is 19.1. The van der Waals surface area contributed by atoms with Crippen molar-refractivity contribution in [2.24, 2.45) is 5.41 Å². The van der Waals surface area contributed by atoms with Crippen LogP contribution in [0.15, 0.2) is 36.8 Å². The molecule has 4 heterocycles. The van der Waals surface area contributed by atoms with Crippen LogP contribution in [0.25, 0.3) is 11.3 Å². The van der Waals surface area contributed by atoms with Gasteiger partial charge in [0.15, 0.2) is 0 Å². The lowest BCUT2D eigenvalue weighted by Gasteiger charge is -2.54. The van der Waals surface area contributed by atoms with Gasteiger partial charge in [0.2, 0.25) is 5.95 Å². The Labute approximate surface area is 201 Å². The lowest BCUT2D eigenvalue weighted by molar-refractivity contribution is -0.0144. The van der Waals surface area contributed by atoms with Gasteiger partial charge in [0.25, 0.3) is 0 Å². The Morgan fingerprint density at radius 2 is 1.91 bits per heavy atom. The second-order valence-electron chi connectivity index (χ2n) is 10.1. The Morgan fingerprint density at radius 3 is 2.56 bits per heavy atom. The molecule has 0 atom stereocenters. The van der Waals surface area contributed by atoms with Gasteiger partial charge in [0, 0.05) is 55.9 Å². The number of hydrogen-bond acceptors (Lipinski definition) is 6. The van der Waals surface area contributed by atoms with Crippen LogP contribution in [0.1, 0.15) is 45.2 Å². The maximum Gasteiger partial charge on any atom is 0.227 e. The molecule has 0 amide bonds. The molecule has 8 heteroatoms. The fourth-order valence-electron chi connectivity index (χ4n) is 5.17. The van der Waals surface area contributed by atoms with Gasteiger partial charge in [-0.05, 0) is 69.3 Å². The van der Waals surface area contributed by atoms with Crippen molar-refractivity contribution in [3.63, 3.8) is 0 Å². The molecule has 1 spiro atoms. The normalized spacial score (nSPS) is 17.9. The van der Waals surface area contributed by atoms with E-state index in [1.54, 1.807) is 12.3 Å². The third kappa shape index (κ3) is 4.39. The van der Waals surface area contributed by atoms with Crippen LogP contribution in [0.5, 0.6) is 0 Å². The van der Waals surface area contributed by atoms with Crippen molar-refractivity contribution in [1.29, 1.82) is 0 Å². The van der Waals surface area contributed by atoms with E-state index in [9.17, 15) is 0 Å². The molecule has 180 valence electrons. The summed E-state index contributed by atoms with van der Waals surface area (Å²) in [5.74, 6) is 0.228. The second-order valence-corrected chi connectivity index (χ2v) is 10.1. The summed E-state index contributed by atoms with van der Waals surface area (Å²) >= 11 is 0. The highest BCUT2D eigenvalue weighted by Gasteiger charge is 2.44. The zero-order chi connectivity index (χ0) is 23.9. The Bertz CT molecular complexity index is 1160. The van der Waals surface area contributed by atoms with Crippen LogP contribution in [-0.4, -0.2) is 57.4 Å². The molecule has 1 aromatic carbocycles. The lowest BCUT2D eigenvalue weighted by Crippen LogP contribution is -2.60. The molecule has 3 aromatic rings. The topological polar surface area (TPSA) is 62.1 Å². The van der Waals surface area contributed by atoms with Crippen LogP contribution >= 0.6 is 0 Å². The zero-order valence-corrected chi connectivity index (χ0v) is 20.6. The van der Waals surface area contributed by atoms with Gasteiger partial charge < -0.3 is 15.1 Å². The molecular weight excluding hydrogens is 429 g/mol. The van der Waals surface area contributed by atoms with E-state index >= 15 is 4.39 Å². The van der Waals surface area contributed by atoms with E-state index in [0.717, 1.165) is 49.3 Å². The fourth-order valence-corrected chi connectivity index (χ4v) is 5.17. The van der Waals surface area contributed by atoms with E-state index in [2.05, 4.69) is 51.0 Å². The average molecular weight is 464 g/mol. The largest absolute Gasteiger partial charge is 0.369 e. The number of likely N-dealkylation sites (tertiary alicyclic amines) is 1. The van der Waals surface area contributed by atoms with Crippen molar-refractivity contribution in [1.82, 2.24) is 24.6 Å². The minimum absolute atomic E-state index is 0.213. The molecule has 0 aliphatic carbocycles. The molecule has 0 bridgehead atoms. The lowest BCUT2D eigenvalue weighted by atomic mass is 9.72. The molecule has 2 aromatic heterocycles. The van der Waals surface area contributed by atoms with Gasteiger partial charge in [0.1, 0.15) is 5.82 Å². The molecule has 34 heavy (non-hydrogen) atoms. The number of aromatic nitrogens is 4. The van der Waals surface area contributed by atoms with Gasteiger partial charge in [0.05, 0.1) is 17.6 Å². The summed E-state index contributed by atoms with van der Waals surface area (Å²) in [6.45, 7) is 13.7. The van der Waals surface area contributed by atoms with Gasteiger partial charge in [-0.1, -0.05) is 6.92 Å². The van der Waals surface area contributed by atoms with E-state index < -0.39 is 0 Å². The van der Waals surface area contributed by atoms with Crippen molar-refractivity contribution in [3.8, 4) is 11.3 Å². The summed E-state index contributed by atoms with van der Waals surface area (Å²) in [4.78, 5) is 13.8. The number of nitrogens with zero attached hydrogens (tertiary/aromatic N) is 6. The average Bonchev–Trinajstić information content (AvgIpc) is 3.30. The molecule has 0 saturated carbocycles. The summed E-state index contributed by atoms with van der Waals surface area (Å²) in [6.07, 6.45) is 7.86. The zero-order valence-electron chi connectivity index (χ0n) is 20.6. The van der Waals surface area contributed by atoms with Crippen molar-refractivity contribution >= 4 is 17.3 Å². The highest BCUT2D eigenvalue weighted by Crippen LogP contribution is 2.41. The maximum absolute atomic E-state index is 15.1. The summed E-state index contributed by atoms with van der Waals surface area (Å²) in [5, 5.41) is 7.59. The van der Waals surface area contributed by atoms with E-state index in [1.165, 1.54) is 13.1 Å². The molecular formula is C26H34FN7. The predicted molar refractivity (Wildman–Crippen MR) is 134 cm³/mol. The molecule has 0 radical (unpaired) electrons. The molecule has 0 unspecified atom stereocenters. The van der Waals surface area contributed by atoms with Gasteiger partial charge in [-0.2, -0.15) is 5.10 Å². The SMILES string of the molecule is CCN1CC2(CCN(c3ccc(Nc4ncc(C)c(-c5cnn(C(C)C)c5)n4)cc3F)CC2)C1. The molecule has 7 nitrogen and oxygen atoms in total. The van der Waals surface area contributed by atoms with Gasteiger partial charge in [-0.25, -0.2) is 14.4 Å². The molecule has 2 fully saturated rings.